The highest BCUT2D eigenvalue weighted by molar-refractivity contribution is 7.13. The summed E-state index contributed by atoms with van der Waals surface area (Å²) < 4.78 is 31.1. The molecule has 1 aromatic heterocycles. The van der Waals surface area contributed by atoms with Crippen LogP contribution in [0.1, 0.15) is 16.7 Å². The zero-order valence-corrected chi connectivity index (χ0v) is 19.2. The fourth-order valence-corrected chi connectivity index (χ4v) is 4.28. The van der Waals surface area contributed by atoms with Crippen molar-refractivity contribution in [2.45, 2.75) is 19.8 Å². The number of anilines is 1. The van der Waals surface area contributed by atoms with Gasteiger partial charge in [0.2, 0.25) is 0 Å². The zero-order valence-electron chi connectivity index (χ0n) is 18.4. The molecule has 5 rings (SSSR count). The van der Waals surface area contributed by atoms with Crippen LogP contribution < -0.4 is 14.8 Å². The highest BCUT2D eigenvalue weighted by Crippen LogP contribution is 2.31. The minimum atomic E-state index is -0.257. The highest BCUT2D eigenvalue weighted by Gasteiger charge is 2.08. The van der Waals surface area contributed by atoms with Crippen LogP contribution in [0.5, 0.6) is 11.5 Å². The lowest BCUT2D eigenvalue weighted by Crippen LogP contribution is -2.01. The third kappa shape index (κ3) is 5.35. The number of nitrogens with one attached hydrogen (secondary N) is 1. The third-order valence-electron chi connectivity index (χ3n) is 5.43. The van der Waals surface area contributed by atoms with Crippen LogP contribution in [0, 0.1) is 5.82 Å². The summed E-state index contributed by atoms with van der Waals surface area (Å²) in [7, 11) is 0. The molecule has 6 heteroatoms. The van der Waals surface area contributed by atoms with Gasteiger partial charge in [0.15, 0.2) is 0 Å². The number of hydrogen-bond acceptors (Lipinski definition) is 5. The molecule has 0 aliphatic heterocycles. The first-order valence-electron chi connectivity index (χ1n) is 11.0. The molecule has 1 heterocycles. The Balaban J connectivity index is 1.19. The Morgan fingerprint density at radius 3 is 2.29 bits per heavy atom. The number of aromatic nitrogens is 1. The number of fused-ring (bicyclic) bond motifs is 1. The van der Waals surface area contributed by atoms with Crippen molar-refractivity contribution in [3.05, 3.63) is 120 Å². The van der Waals surface area contributed by atoms with Crippen molar-refractivity contribution < 1.29 is 13.9 Å². The van der Waals surface area contributed by atoms with Gasteiger partial charge in [-0.15, -0.1) is 0 Å². The lowest BCUT2D eigenvalue weighted by atomic mass is 10.2. The summed E-state index contributed by atoms with van der Waals surface area (Å²) in [5.41, 5.74) is 2.76. The number of nitrogens with zero attached hydrogens (tertiary/aromatic N) is 1. The SMILES string of the molecule is Fc1ccccc1COc1ccc(CNc2nsc3ccc(OCc4ccccc4)cc23)cc1. The molecule has 4 nitrogen and oxygen atoms in total. The normalized spacial score (nSPS) is 10.9. The first-order valence-corrected chi connectivity index (χ1v) is 11.8. The monoisotopic (exact) mass is 470 g/mol. The Kier molecular flexibility index (Phi) is 6.68. The molecule has 0 radical (unpaired) electrons. The molecule has 0 spiro atoms. The van der Waals surface area contributed by atoms with Crippen LogP contribution in [0.25, 0.3) is 10.1 Å². The van der Waals surface area contributed by atoms with E-state index in [1.54, 1.807) is 18.2 Å². The van der Waals surface area contributed by atoms with Crippen molar-refractivity contribution in [2.24, 2.45) is 0 Å². The summed E-state index contributed by atoms with van der Waals surface area (Å²) in [6.07, 6.45) is 0. The fraction of sp³-hybridized carbons (Fsp3) is 0.107. The van der Waals surface area contributed by atoms with E-state index in [0.29, 0.717) is 24.5 Å². The van der Waals surface area contributed by atoms with Crippen LogP contribution in [0.2, 0.25) is 0 Å². The van der Waals surface area contributed by atoms with Crippen molar-refractivity contribution in [1.82, 2.24) is 4.37 Å². The molecule has 0 unspecified atom stereocenters. The van der Waals surface area contributed by atoms with Crippen molar-refractivity contribution in [3.8, 4) is 11.5 Å². The van der Waals surface area contributed by atoms with Crippen molar-refractivity contribution >= 4 is 27.4 Å². The van der Waals surface area contributed by atoms with Gasteiger partial charge in [-0.2, -0.15) is 4.37 Å². The van der Waals surface area contributed by atoms with E-state index in [1.165, 1.54) is 17.6 Å². The minimum absolute atomic E-state index is 0.198. The van der Waals surface area contributed by atoms with E-state index in [2.05, 4.69) is 9.69 Å². The van der Waals surface area contributed by atoms with Gasteiger partial charge in [0.25, 0.3) is 0 Å². The molecular weight excluding hydrogens is 447 g/mol. The molecule has 0 aliphatic carbocycles. The largest absolute Gasteiger partial charge is 0.489 e. The average Bonchev–Trinajstić information content (AvgIpc) is 3.29. The topological polar surface area (TPSA) is 43.4 Å². The van der Waals surface area contributed by atoms with Gasteiger partial charge < -0.3 is 14.8 Å². The molecule has 0 fully saturated rings. The second-order valence-electron chi connectivity index (χ2n) is 7.84. The second-order valence-corrected chi connectivity index (χ2v) is 8.65. The molecule has 34 heavy (non-hydrogen) atoms. The average molecular weight is 471 g/mol. The molecule has 170 valence electrons. The van der Waals surface area contributed by atoms with Crippen LogP contribution in [0.3, 0.4) is 0 Å². The molecule has 0 saturated heterocycles. The van der Waals surface area contributed by atoms with Gasteiger partial charge >= 0.3 is 0 Å². The Morgan fingerprint density at radius 1 is 0.735 bits per heavy atom. The maximum absolute atomic E-state index is 13.7. The van der Waals surface area contributed by atoms with E-state index in [9.17, 15) is 4.39 Å². The van der Waals surface area contributed by atoms with Gasteiger partial charge in [-0.25, -0.2) is 4.39 Å². The Hall–Kier alpha value is -3.90. The van der Waals surface area contributed by atoms with Gasteiger partial charge in [0.1, 0.15) is 36.3 Å². The van der Waals surface area contributed by atoms with E-state index in [1.807, 2.05) is 72.8 Å². The van der Waals surface area contributed by atoms with Crippen molar-refractivity contribution in [1.29, 1.82) is 0 Å². The Bertz CT molecular complexity index is 1370. The van der Waals surface area contributed by atoms with E-state index in [-0.39, 0.29) is 12.4 Å². The standard InChI is InChI=1S/C28H23FN2O2S/c29-26-9-5-4-8-22(26)19-33-23-12-10-20(11-13-23)17-30-28-25-16-24(14-15-27(25)34-31-28)32-18-21-6-2-1-3-7-21/h1-16H,17-19H2,(H,30,31). The predicted octanol–water partition coefficient (Wildman–Crippen LogP) is 7.21. The van der Waals surface area contributed by atoms with Gasteiger partial charge in [-0.05, 0) is 59.1 Å². The van der Waals surface area contributed by atoms with Crippen molar-refractivity contribution in [3.63, 3.8) is 0 Å². The fourth-order valence-electron chi connectivity index (χ4n) is 3.54. The first-order chi connectivity index (χ1) is 16.7. The van der Waals surface area contributed by atoms with Gasteiger partial charge in [0, 0.05) is 17.5 Å². The number of benzene rings is 4. The quantitative estimate of drug-likeness (QED) is 0.247. The van der Waals surface area contributed by atoms with Crippen LogP contribution in [-0.4, -0.2) is 4.37 Å². The molecule has 4 aromatic carbocycles. The van der Waals surface area contributed by atoms with E-state index in [4.69, 9.17) is 9.47 Å². The van der Waals surface area contributed by atoms with E-state index in [0.717, 1.165) is 32.8 Å². The predicted molar refractivity (Wildman–Crippen MR) is 135 cm³/mol. The summed E-state index contributed by atoms with van der Waals surface area (Å²) in [4.78, 5) is 0. The summed E-state index contributed by atoms with van der Waals surface area (Å²) in [5.74, 6) is 2.10. The molecule has 0 saturated carbocycles. The smallest absolute Gasteiger partial charge is 0.147 e. The van der Waals surface area contributed by atoms with Crippen LogP contribution in [0.4, 0.5) is 10.2 Å². The molecule has 0 aliphatic rings. The van der Waals surface area contributed by atoms with E-state index < -0.39 is 0 Å². The minimum Gasteiger partial charge on any atom is -0.489 e. The first kappa shape index (κ1) is 21.9. The van der Waals surface area contributed by atoms with Crippen LogP contribution >= 0.6 is 11.5 Å². The summed E-state index contributed by atoms with van der Waals surface area (Å²) in [5, 5.41) is 4.47. The Morgan fingerprint density at radius 2 is 1.47 bits per heavy atom. The summed E-state index contributed by atoms with van der Waals surface area (Å²) in [6, 6.07) is 30.6. The molecule has 0 amide bonds. The van der Waals surface area contributed by atoms with E-state index >= 15 is 0 Å². The maximum atomic E-state index is 13.7. The number of rotatable bonds is 9. The highest BCUT2D eigenvalue weighted by atomic mass is 32.1. The Labute approximate surface area is 201 Å². The summed E-state index contributed by atoms with van der Waals surface area (Å²) >= 11 is 1.46. The third-order valence-corrected chi connectivity index (χ3v) is 6.25. The lowest BCUT2D eigenvalue weighted by molar-refractivity contribution is 0.300. The van der Waals surface area contributed by atoms with Crippen LogP contribution in [0.15, 0.2) is 97.1 Å². The summed E-state index contributed by atoms with van der Waals surface area (Å²) in [6.45, 7) is 1.35. The molecular formula is C28H23FN2O2S. The van der Waals surface area contributed by atoms with Crippen molar-refractivity contribution in [2.75, 3.05) is 5.32 Å². The molecule has 0 atom stereocenters. The molecule has 0 bridgehead atoms. The number of ether oxygens (including phenoxy) is 2. The molecule has 1 N–H and O–H groups in total. The number of hydrogen-bond donors (Lipinski definition) is 1. The van der Waals surface area contributed by atoms with Gasteiger partial charge in [-0.1, -0.05) is 60.7 Å². The second kappa shape index (κ2) is 10.4. The maximum Gasteiger partial charge on any atom is 0.147 e. The van der Waals surface area contributed by atoms with Gasteiger partial charge in [0.05, 0.1) is 4.70 Å². The van der Waals surface area contributed by atoms with Gasteiger partial charge in [-0.3, -0.25) is 0 Å². The lowest BCUT2D eigenvalue weighted by Gasteiger charge is -2.09. The molecule has 5 aromatic rings. The number of halogens is 1. The zero-order chi connectivity index (χ0) is 23.2. The van der Waals surface area contributed by atoms with Crippen LogP contribution in [-0.2, 0) is 19.8 Å².